The predicted octanol–water partition coefficient (Wildman–Crippen LogP) is 3.75. The summed E-state index contributed by atoms with van der Waals surface area (Å²) in [5, 5.41) is 12.9. The molecule has 0 bridgehead atoms. The largest absolute Gasteiger partial charge is 0.383 e. The molecule has 1 atom stereocenters. The molecule has 0 fully saturated rings. The monoisotopic (exact) mass is 376 g/mol. The molecule has 6 nitrogen and oxygen atoms in total. The Hall–Kier alpha value is -1.90. The van der Waals surface area contributed by atoms with Crippen molar-refractivity contribution in [2.75, 3.05) is 25.6 Å². The molecule has 0 aliphatic carbocycles. The fraction of sp³-hybridized carbons (Fsp3) is 0.353. The number of aryl methyl sites for hydroxylation is 1. The molecule has 1 aromatic carbocycles. The summed E-state index contributed by atoms with van der Waals surface area (Å²) in [5.41, 5.74) is 2.65. The summed E-state index contributed by atoms with van der Waals surface area (Å²) in [6.07, 6.45) is 0. The molecule has 0 saturated heterocycles. The molecule has 132 valence electrons. The molecule has 0 saturated carbocycles. The Morgan fingerprint density at radius 1 is 1.40 bits per heavy atom. The third-order valence-corrected chi connectivity index (χ3v) is 5.84. The van der Waals surface area contributed by atoms with E-state index in [0.717, 1.165) is 31.6 Å². The summed E-state index contributed by atoms with van der Waals surface area (Å²) in [6.45, 7) is 5.14. The van der Waals surface area contributed by atoms with Crippen molar-refractivity contribution in [3.63, 3.8) is 0 Å². The van der Waals surface area contributed by atoms with Crippen LogP contribution in [0.5, 0.6) is 0 Å². The summed E-state index contributed by atoms with van der Waals surface area (Å²) in [5.74, 6) is 0.101. The molecular weight excluding hydrogens is 356 g/mol. The van der Waals surface area contributed by atoms with Gasteiger partial charge in [-0.3, -0.25) is 4.79 Å². The first kappa shape index (κ1) is 17.9. The van der Waals surface area contributed by atoms with E-state index in [1.165, 1.54) is 23.1 Å². The first-order chi connectivity index (χ1) is 12.1. The van der Waals surface area contributed by atoms with Gasteiger partial charge in [-0.2, -0.15) is 0 Å². The van der Waals surface area contributed by atoms with E-state index in [2.05, 4.69) is 20.5 Å². The maximum absolute atomic E-state index is 12.9. The van der Waals surface area contributed by atoms with Crippen molar-refractivity contribution in [1.29, 1.82) is 0 Å². The highest BCUT2D eigenvalue weighted by Crippen LogP contribution is 2.32. The van der Waals surface area contributed by atoms with Crippen molar-refractivity contribution in [3.05, 3.63) is 35.5 Å². The predicted molar refractivity (Wildman–Crippen MR) is 103 cm³/mol. The Morgan fingerprint density at radius 2 is 2.20 bits per heavy atom. The van der Waals surface area contributed by atoms with Crippen molar-refractivity contribution in [1.82, 2.24) is 15.2 Å². The summed E-state index contributed by atoms with van der Waals surface area (Å²) in [7, 11) is 1.66. The second-order valence-electron chi connectivity index (χ2n) is 5.59. The van der Waals surface area contributed by atoms with Gasteiger partial charge in [-0.05, 0) is 19.9 Å². The van der Waals surface area contributed by atoms with Gasteiger partial charge in [-0.15, -0.1) is 10.2 Å². The number of thioether (sulfide) groups is 1. The number of carbonyl (C=O) groups excluding carboxylic acids is 1. The van der Waals surface area contributed by atoms with E-state index in [9.17, 15) is 4.79 Å². The molecule has 2 aromatic heterocycles. The zero-order valence-corrected chi connectivity index (χ0v) is 16.0. The van der Waals surface area contributed by atoms with Crippen LogP contribution in [0, 0.1) is 6.92 Å². The topological polar surface area (TPSA) is 79.9 Å². The van der Waals surface area contributed by atoms with Crippen molar-refractivity contribution in [3.8, 4) is 0 Å². The molecule has 2 N–H and O–H groups in total. The number of rotatable bonds is 8. The van der Waals surface area contributed by atoms with Gasteiger partial charge in [-0.1, -0.05) is 41.3 Å². The lowest BCUT2D eigenvalue weighted by Crippen LogP contribution is -2.14. The standard InChI is InChI=1S/C17H20N4O2S2/c1-10-14(12-6-4-5-7-13(12)19-10)15(22)11(2)24-17-21-20-16(25-17)18-8-9-23-3/h4-7,11,19H,8-9H2,1-3H3,(H,18,20). The number of nitrogens with zero attached hydrogens (tertiary/aromatic N) is 2. The average molecular weight is 377 g/mol. The number of fused-ring (bicyclic) bond motifs is 1. The second kappa shape index (κ2) is 7.99. The number of methoxy groups -OCH3 is 1. The number of ether oxygens (including phenoxy) is 1. The highest BCUT2D eigenvalue weighted by atomic mass is 32.2. The maximum atomic E-state index is 12.9. The van der Waals surface area contributed by atoms with E-state index >= 15 is 0 Å². The number of aromatic amines is 1. The van der Waals surface area contributed by atoms with Crippen LogP contribution in [0.4, 0.5) is 5.13 Å². The number of nitrogens with one attached hydrogen (secondary N) is 2. The van der Waals surface area contributed by atoms with Crippen molar-refractivity contribution in [2.24, 2.45) is 0 Å². The number of anilines is 1. The van der Waals surface area contributed by atoms with E-state index in [0.29, 0.717) is 13.2 Å². The van der Waals surface area contributed by atoms with E-state index in [4.69, 9.17) is 4.74 Å². The molecule has 0 radical (unpaired) electrons. The molecule has 0 spiro atoms. The number of hydrogen-bond acceptors (Lipinski definition) is 7. The summed E-state index contributed by atoms with van der Waals surface area (Å²) < 4.78 is 5.77. The number of hydrogen-bond donors (Lipinski definition) is 2. The molecule has 2 heterocycles. The number of H-pyrrole nitrogens is 1. The van der Waals surface area contributed by atoms with Crippen LogP contribution in [0.15, 0.2) is 28.6 Å². The van der Waals surface area contributed by atoms with Crippen LogP contribution in [0.3, 0.4) is 0 Å². The summed E-state index contributed by atoms with van der Waals surface area (Å²) in [4.78, 5) is 16.2. The Kier molecular flexibility index (Phi) is 5.72. The molecular formula is C17H20N4O2S2. The molecule has 0 aliphatic heterocycles. The second-order valence-corrected chi connectivity index (χ2v) is 8.15. The van der Waals surface area contributed by atoms with Gasteiger partial charge in [0.2, 0.25) is 5.13 Å². The van der Waals surface area contributed by atoms with E-state index < -0.39 is 0 Å². The van der Waals surface area contributed by atoms with E-state index in [-0.39, 0.29) is 11.0 Å². The first-order valence-corrected chi connectivity index (χ1v) is 9.64. The van der Waals surface area contributed by atoms with Crippen molar-refractivity contribution < 1.29 is 9.53 Å². The lowest BCUT2D eigenvalue weighted by atomic mass is 10.1. The minimum atomic E-state index is -0.238. The minimum Gasteiger partial charge on any atom is -0.383 e. The summed E-state index contributed by atoms with van der Waals surface area (Å²) >= 11 is 2.89. The van der Waals surface area contributed by atoms with Crippen molar-refractivity contribution >= 4 is 44.9 Å². The number of benzene rings is 1. The Labute approximate surface area is 154 Å². The zero-order valence-electron chi connectivity index (χ0n) is 14.3. The van der Waals surface area contributed by atoms with Gasteiger partial charge < -0.3 is 15.0 Å². The SMILES string of the molecule is COCCNc1nnc(SC(C)C(=O)c2c(C)[nH]c3ccccc23)s1. The van der Waals surface area contributed by atoms with Gasteiger partial charge in [-0.25, -0.2) is 0 Å². The van der Waals surface area contributed by atoms with Gasteiger partial charge >= 0.3 is 0 Å². The van der Waals surface area contributed by atoms with Gasteiger partial charge in [0.25, 0.3) is 0 Å². The number of aromatic nitrogens is 3. The summed E-state index contributed by atoms with van der Waals surface area (Å²) in [6, 6.07) is 7.88. The molecule has 25 heavy (non-hydrogen) atoms. The number of carbonyl (C=O) groups is 1. The normalized spacial score (nSPS) is 12.4. The Morgan fingerprint density at radius 3 is 3.00 bits per heavy atom. The van der Waals surface area contributed by atoms with Crippen molar-refractivity contribution in [2.45, 2.75) is 23.4 Å². The molecule has 0 aliphatic rings. The molecule has 0 amide bonds. The zero-order chi connectivity index (χ0) is 17.8. The number of ketones is 1. The molecule has 3 aromatic rings. The fourth-order valence-electron chi connectivity index (χ4n) is 2.59. The van der Waals surface area contributed by atoms with E-state index in [1.807, 2.05) is 38.1 Å². The van der Waals surface area contributed by atoms with Gasteiger partial charge in [0.05, 0.1) is 11.9 Å². The first-order valence-electron chi connectivity index (χ1n) is 7.94. The highest BCUT2D eigenvalue weighted by molar-refractivity contribution is 8.02. The third-order valence-electron chi connectivity index (χ3n) is 3.78. The number of Topliss-reactive ketones (excluding diaryl/α,β-unsaturated/α-hetero) is 1. The number of para-hydroxylation sites is 1. The van der Waals surface area contributed by atoms with Crippen LogP contribution >= 0.6 is 23.1 Å². The highest BCUT2D eigenvalue weighted by Gasteiger charge is 2.23. The van der Waals surface area contributed by atoms with Crippen LogP contribution in [0.1, 0.15) is 23.0 Å². The van der Waals surface area contributed by atoms with Gasteiger partial charge in [0.15, 0.2) is 10.1 Å². The van der Waals surface area contributed by atoms with Crippen LogP contribution in [-0.2, 0) is 4.74 Å². The molecule has 8 heteroatoms. The fourth-order valence-corrected chi connectivity index (χ4v) is 4.57. The van der Waals surface area contributed by atoms with Gasteiger partial charge in [0.1, 0.15) is 0 Å². The van der Waals surface area contributed by atoms with E-state index in [1.54, 1.807) is 7.11 Å². The third kappa shape index (κ3) is 4.02. The van der Waals surface area contributed by atoms with Crippen LogP contribution in [-0.4, -0.2) is 46.5 Å². The lowest BCUT2D eigenvalue weighted by molar-refractivity contribution is 0.0995. The minimum absolute atomic E-state index is 0.101. The quantitative estimate of drug-likeness (QED) is 0.354. The smallest absolute Gasteiger partial charge is 0.206 e. The molecule has 1 unspecified atom stereocenters. The van der Waals surface area contributed by atoms with Crippen LogP contribution in [0.2, 0.25) is 0 Å². The van der Waals surface area contributed by atoms with Gasteiger partial charge in [0, 0.05) is 35.8 Å². The Bertz CT molecular complexity index is 875. The Balaban J connectivity index is 1.71. The lowest BCUT2D eigenvalue weighted by Gasteiger charge is -2.08. The average Bonchev–Trinajstić information content (AvgIpc) is 3.17. The maximum Gasteiger partial charge on any atom is 0.206 e. The molecule has 3 rings (SSSR count). The van der Waals surface area contributed by atoms with Crippen LogP contribution < -0.4 is 5.32 Å². The van der Waals surface area contributed by atoms with Crippen LogP contribution in [0.25, 0.3) is 10.9 Å².